The lowest BCUT2D eigenvalue weighted by atomic mass is 9.78. The Balaban J connectivity index is 1.03. The summed E-state index contributed by atoms with van der Waals surface area (Å²) in [6.45, 7) is 0.150. The van der Waals surface area contributed by atoms with Crippen molar-refractivity contribution in [1.82, 2.24) is 40.4 Å². The fraction of sp³-hybridized carbons (Fsp3) is 0.294. The largest absolute Gasteiger partial charge is 0.467 e. The Morgan fingerprint density at radius 1 is 0.656 bits per heavy atom. The Hall–Kier alpha value is -10.4. The van der Waals surface area contributed by atoms with E-state index in [1.807, 2.05) is 91.0 Å². The first-order valence-corrected chi connectivity index (χ1v) is 30.0. The van der Waals surface area contributed by atoms with E-state index in [9.17, 15) is 19.2 Å². The lowest BCUT2D eigenvalue weighted by Gasteiger charge is -2.53. The van der Waals surface area contributed by atoms with Gasteiger partial charge >= 0.3 is 24.2 Å². The third-order valence-electron chi connectivity index (χ3n) is 15.4. The molecule has 2 aromatic heterocycles. The normalized spacial score (nSPS) is 18.8. The lowest BCUT2D eigenvalue weighted by molar-refractivity contribution is -0.317. The average Bonchev–Trinajstić information content (AvgIpc) is 1.63. The van der Waals surface area contributed by atoms with Crippen molar-refractivity contribution in [3.8, 4) is 0 Å². The Morgan fingerprint density at radius 2 is 1.17 bits per heavy atom. The van der Waals surface area contributed by atoms with Crippen molar-refractivity contribution in [3.05, 3.63) is 228 Å². The fourth-order valence-electron chi connectivity index (χ4n) is 10.8. The molecule has 0 bridgehead atoms. The third-order valence-corrected chi connectivity index (χ3v) is 15.4. The van der Waals surface area contributed by atoms with Gasteiger partial charge in [-0.05, 0) is 46.2 Å². The minimum atomic E-state index is -1.84. The molecule has 0 spiro atoms. The van der Waals surface area contributed by atoms with E-state index in [4.69, 9.17) is 48.0 Å². The maximum Gasteiger partial charge on any atom is 0.416 e. The molecule has 0 aliphatic carbocycles. The van der Waals surface area contributed by atoms with Crippen LogP contribution < -0.4 is 21.3 Å². The molecule has 4 heterocycles. The fourth-order valence-corrected chi connectivity index (χ4v) is 10.8. The standard InChI is InChI=1S/C68H70N10O15/c1-45(79)72-64-70-36-53-59(75-64)78(44-71-53)61-58-68(92-42-51-32-19-8-20-33-51,54(43-88-58)86-37-46-22-9-3-10-23-46)57(87-38-47-24-11-4-12-25-47)56(93-61)55(62(81)85-2)74-60(80)52(73-65(82)89-39-48-26-13-5-14-27-48)34-21-35-77(67(84)91-41-50-30-17-7-18-31-50)63(69)76-66(83)90-40-49-28-15-6-16-29-49/h3-20,22-33,36,44,52,54-58,61H,21,34-35,37-43H2,1-2H3,(H,73,82)(H,74,80)(H2,69,76,83)(H,70,72,75,79)/t52-,54-,55-,56?,57+,58?,61+,68?/m0/s1. The summed E-state index contributed by atoms with van der Waals surface area (Å²) in [6.07, 6.45) is -7.37. The minimum absolute atomic E-state index is 0.0571. The van der Waals surface area contributed by atoms with Crippen molar-refractivity contribution in [1.29, 1.82) is 5.41 Å². The van der Waals surface area contributed by atoms with E-state index in [0.29, 0.717) is 22.3 Å². The number of amides is 5. The smallest absolute Gasteiger partial charge is 0.416 e. The van der Waals surface area contributed by atoms with Crippen LogP contribution in [0, 0.1) is 5.41 Å². The first kappa shape index (κ1) is 65.5. The molecule has 2 saturated heterocycles. The molecule has 6 aromatic carbocycles. The van der Waals surface area contributed by atoms with Crippen molar-refractivity contribution in [2.45, 2.75) is 108 Å². The van der Waals surface area contributed by atoms with E-state index in [1.165, 1.54) is 19.4 Å². The number of nitrogens with zero attached hydrogens (tertiary/aromatic N) is 5. The van der Waals surface area contributed by atoms with Crippen LogP contribution >= 0.6 is 0 Å². The molecule has 25 heteroatoms. The maximum absolute atomic E-state index is 15.5. The number of methoxy groups -OCH3 is 1. The van der Waals surface area contributed by atoms with Crippen LogP contribution in [0.5, 0.6) is 0 Å². The first-order chi connectivity index (χ1) is 45.3. The van der Waals surface area contributed by atoms with Crippen LogP contribution in [-0.4, -0.2) is 129 Å². The molecule has 0 radical (unpaired) electrons. The summed E-state index contributed by atoms with van der Waals surface area (Å²) in [4.78, 5) is 98.6. The molecule has 2 fully saturated rings. The number of guanidine groups is 1. The molecule has 5 amide bonds. The van der Waals surface area contributed by atoms with Gasteiger partial charge in [0.05, 0.1) is 46.1 Å². The summed E-state index contributed by atoms with van der Waals surface area (Å²) >= 11 is 0. The summed E-state index contributed by atoms with van der Waals surface area (Å²) in [6, 6.07) is 51.0. The molecule has 482 valence electrons. The van der Waals surface area contributed by atoms with Gasteiger partial charge in [0.1, 0.15) is 55.8 Å². The monoisotopic (exact) mass is 1270 g/mol. The number of benzene rings is 6. The molecular formula is C68H70N10O15. The van der Waals surface area contributed by atoms with Gasteiger partial charge in [0.2, 0.25) is 23.7 Å². The lowest BCUT2D eigenvalue weighted by Crippen LogP contribution is -2.73. The van der Waals surface area contributed by atoms with Crippen molar-refractivity contribution in [2.75, 3.05) is 25.6 Å². The molecule has 25 nitrogen and oxygen atoms in total. The predicted molar refractivity (Wildman–Crippen MR) is 335 cm³/mol. The Labute approximate surface area is 535 Å². The molecular weight excluding hydrogens is 1200 g/mol. The van der Waals surface area contributed by atoms with Crippen LogP contribution in [0.15, 0.2) is 195 Å². The van der Waals surface area contributed by atoms with Crippen molar-refractivity contribution in [3.63, 3.8) is 0 Å². The molecule has 3 unspecified atom stereocenters. The van der Waals surface area contributed by atoms with E-state index < -0.39 is 90.4 Å². The Kier molecular flexibility index (Phi) is 22.6. The third kappa shape index (κ3) is 17.1. The van der Waals surface area contributed by atoms with E-state index >= 15 is 9.59 Å². The second kappa shape index (κ2) is 32.0. The highest BCUT2D eigenvalue weighted by atomic mass is 16.7. The zero-order valence-electron chi connectivity index (χ0n) is 50.9. The number of hydrogen-bond acceptors (Lipinski definition) is 19. The van der Waals surface area contributed by atoms with Gasteiger partial charge < -0.3 is 53.3 Å². The van der Waals surface area contributed by atoms with Crippen LogP contribution in [0.4, 0.5) is 20.3 Å². The van der Waals surface area contributed by atoms with E-state index in [2.05, 4.69) is 36.2 Å². The summed E-state index contributed by atoms with van der Waals surface area (Å²) in [5.74, 6) is -3.22. The number of esters is 1. The molecule has 2 aliphatic rings. The van der Waals surface area contributed by atoms with Crippen LogP contribution in [0.3, 0.4) is 0 Å². The highest BCUT2D eigenvalue weighted by molar-refractivity contribution is 5.99. The summed E-state index contributed by atoms with van der Waals surface area (Å²) in [5, 5.41) is 19.4. The summed E-state index contributed by atoms with van der Waals surface area (Å²) in [5.41, 5.74) is 2.84. The number of carbonyl (C=O) groups excluding carboxylic acids is 6. The quantitative estimate of drug-likeness (QED) is 0.0147. The number of alkyl carbamates (subject to hydrolysis) is 2. The van der Waals surface area contributed by atoms with Gasteiger partial charge in [0.15, 0.2) is 23.5 Å². The zero-order chi connectivity index (χ0) is 64.9. The Morgan fingerprint density at radius 3 is 1.72 bits per heavy atom. The SMILES string of the molecule is COC(=O)[C@@H](NC(=O)[C@H](CCCN(C(=N)NC(=O)OCc1ccccc1)C(=O)OCc1ccccc1)NC(=O)OCc1ccccc1)C1O[C@@H](n2cnc3cnc(NC(C)=O)nc32)C2OC[C@H](OCc3ccccc3)C2(OCc2ccccc2)[C@@H]1OCc1ccccc1. The number of anilines is 1. The van der Waals surface area contributed by atoms with Crippen LogP contribution in [0.25, 0.3) is 11.2 Å². The van der Waals surface area contributed by atoms with E-state index in [-0.39, 0.29) is 82.7 Å². The topological polar surface area (TPSA) is 304 Å². The zero-order valence-corrected chi connectivity index (χ0v) is 50.9. The van der Waals surface area contributed by atoms with Crippen molar-refractivity contribution >= 4 is 59.1 Å². The van der Waals surface area contributed by atoms with Gasteiger partial charge in [0, 0.05) is 13.5 Å². The van der Waals surface area contributed by atoms with Gasteiger partial charge in [-0.15, -0.1) is 0 Å². The second-order valence-electron chi connectivity index (χ2n) is 21.7. The van der Waals surface area contributed by atoms with Gasteiger partial charge in [-0.2, -0.15) is 4.98 Å². The molecule has 5 N–H and O–H groups in total. The Bertz CT molecular complexity index is 3790. The molecule has 10 rings (SSSR count). The maximum atomic E-state index is 15.5. The van der Waals surface area contributed by atoms with Crippen molar-refractivity contribution in [2.24, 2.45) is 0 Å². The molecule has 2 aliphatic heterocycles. The highest BCUT2D eigenvalue weighted by Gasteiger charge is 2.69. The van der Waals surface area contributed by atoms with Crippen LogP contribution in [0.2, 0.25) is 0 Å². The number of imidazole rings is 1. The summed E-state index contributed by atoms with van der Waals surface area (Å²) in [7, 11) is 1.13. The summed E-state index contributed by atoms with van der Waals surface area (Å²) < 4.78 is 59.3. The van der Waals surface area contributed by atoms with Gasteiger partial charge in [-0.3, -0.25) is 30.2 Å². The molecule has 0 saturated carbocycles. The number of nitrogens with one attached hydrogen (secondary N) is 5. The number of carbonyl (C=O) groups is 6. The number of rotatable bonds is 26. The minimum Gasteiger partial charge on any atom is -0.467 e. The van der Waals surface area contributed by atoms with Gasteiger partial charge in [-0.25, -0.2) is 34.0 Å². The van der Waals surface area contributed by atoms with Gasteiger partial charge in [0.25, 0.3) is 0 Å². The predicted octanol–water partition coefficient (Wildman–Crippen LogP) is 8.44. The molecule has 8 aromatic rings. The van der Waals surface area contributed by atoms with Crippen LogP contribution in [0.1, 0.15) is 59.4 Å². The number of ether oxygens (including phenoxy) is 9. The van der Waals surface area contributed by atoms with E-state index in [0.717, 1.165) is 23.1 Å². The molecule has 93 heavy (non-hydrogen) atoms. The highest BCUT2D eigenvalue weighted by Crippen LogP contribution is 2.50. The number of fused-ring (bicyclic) bond motifs is 2. The molecule has 8 atom stereocenters. The van der Waals surface area contributed by atoms with E-state index in [1.54, 1.807) is 95.6 Å². The average molecular weight is 1270 g/mol. The van der Waals surface area contributed by atoms with Crippen LogP contribution in [-0.2, 0) is 96.7 Å². The van der Waals surface area contributed by atoms with Crippen molar-refractivity contribution < 1.29 is 71.4 Å². The van der Waals surface area contributed by atoms with Gasteiger partial charge in [-0.1, -0.05) is 182 Å². The number of hydrogen-bond donors (Lipinski definition) is 5. The first-order valence-electron chi connectivity index (χ1n) is 30.0. The number of aromatic nitrogens is 4. The second-order valence-corrected chi connectivity index (χ2v) is 21.7.